The van der Waals surface area contributed by atoms with Crippen LogP contribution in [0.25, 0.3) is 0 Å². The number of likely N-dealkylation sites (tertiary alicyclic amines) is 1. The van der Waals surface area contributed by atoms with Crippen molar-refractivity contribution in [3.05, 3.63) is 24.0 Å². The Bertz CT molecular complexity index is 417. The third-order valence-electron chi connectivity index (χ3n) is 3.86. The van der Waals surface area contributed by atoms with E-state index in [-0.39, 0.29) is 5.91 Å². The lowest BCUT2D eigenvalue weighted by Crippen LogP contribution is -2.46. The second kappa shape index (κ2) is 7.12. The van der Waals surface area contributed by atoms with E-state index in [4.69, 9.17) is 4.74 Å². The summed E-state index contributed by atoms with van der Waals surface area (Å²) in [5, 5.41) is 2.51. The van der Waals surface area contributed by atoms with Crippen molar-refractivity contribution in [1.29, 1.82) is 0 Å². The molecular formula is C15H21N2O3. The SMILES string of the molecule is COC1=CCC(CN2CCCC[C@H](N[C]=O)C2=O)C=C1. The van der Waals surface area contributed by atoms with Crippen molar-refractivity contribution in [3.63, 3.8) is 0 Å². The van der Waals surface area contributed by atoms with Gasteiger partial charge in [0.25, 0.3) is 0 Å². The molecule has 0 aromatic carbocycles. The number of amides is 2. The number of hydrogen-bond acceptors (Lipinski definition) is 3. The third kappa shape index (κ3) is 3.62. The first-order chi connectivity index (χ1) is 9.74. The molecule has 1 heterocycles. The van der Waals surface area contributed by atoms with Crippen LogP contribution < -0.4 is 5.32 Å². The van der Waals surface area contributed by atoms with Crippen LogP contribution in [-0.4, -0.2) is 43.5 Å². The molecule has 1 unspecified atom stereocenters. The van der Waals surface area contributed by atoms with E-state index in [1.165, 1.54) is 0 Å². The average molecular weight is 277 g/mol. The monoisotopic (exact) mass is 277 g/mol. The largest absolute Gasteiger partial charge is 0.497 e. The number of carbonyl (C=O) groups excluding carboxylic acids is 2. The molecule has 2 aliphatic rings. The van der Waals surface area contributed by atoms with Crippen LogP contribution in [0.5, 0.6) is 0 Å². The van der Waals surface area contributed by atoms with Gasteiger partial charge >= 0.3 is 6.41 Å². The Morgan fingerprint density at radius 2 is 2.35 bits per heavy atom. The highest BCUT2D eigenvalue weighted by Gasteiger charge is 2.28. The number of nitrogens with one attached hydrogen (secondary N) is 1. The number of allylic oxidation sites excluding steroid dienone is 2. The van der Waals surface area contributed by atoms with E-state index in [1.807, 2.05) is 17.1 Å². The van der Waals surface area contributed by atoms with E-state index >= 15 is 0 Å². The fourth-order valence-corrected chi connectivity index (χ4v) is 2.71. The quantitative estimate of drug-likeness (QED) is 0.766. The number of nitrogens with zero attached hydrogens (tertiary/aromatic N) is 1. The molecule has 0 spiro atoms. The van der Waals surface area contributed by atoms with Gasteiger partial charge in [-0.25, -0.2) is 0 Å². The van der Waals surface area contributed by atoms with E-state index in [0.29, 0.717) is 18.9 Å². The summed E-state index contributed by atoms with van der Waals surface area (Å²) in [4.78, 5) is 24.7. The molecule has 0 aromatic heterocycles. The van der Waals surface area contributed by atoms with Crippen molar-refractivity contribution in [2.24, 2.45) is 5.92 Å². The Morgan fingerprint density at radius 3 is 3.00 bits per heavy atom. The molecule has 1 saturated heterocycles. The van der Waals surface area contributed by atoms with Gasteiger partial charge in [-0.15, -0.1) is 0 Å². The van der Waals surface area contributed by atoms with Gasteiger partial charge in [0, 0.05) is 13.1 Å². The van der Waals surface area contributed by atoms with E-state index in [9.17, 15) is 9.59 Å². The van der Waals surface area contributed by atoms with Gasteiger partial charge in [0.1, 0.15) is 11.8 Å². The molecule has 1 radical (unpaired) electrons. The summed E-state index contributed by atoms with van der Waals surface area (Å²) in [6.07, 6.45) is 11.2. The molecular weight excluding hydrogens is 256 g/mol. The Hall–Kier alpha value is -1.78. The predicted molar refractivity (Wildman–Crippen MR) is 75.4 cm³/mol. The van der Waals surface area contributed by atoms with Crippen LogP contribution in [0.3, 0.4) is 0 Å². The molecule has 0 saturated carbocycles. The predicted octanol–water partition coefficient (Wildman–Crippen LogP) is 1.13. The minimum Gasteiger partial charge on any atom is -0.497 e. The molecule has 2 atom stereocenters. The summed E-state index contributed by atoms with van der Waals surface area (Å²) in [6.45, 7) is 1.46. The van der Waals surface area contributed by atoms with Gasteiger partial charge in [-0.05, 0) is 43.8 Å². The van der Waals surface area contributed by atoms with Gasteiger partial charge in [-0.2, -0.15) is 0 Å². The third-order valence-corrected chi connectivity index (χ3v) is 3.86. The lowest BCUT2D eigenvalue weighted by Gasteiger charge is -2.27. The maximum Gasteiger partial charge on any atom is 0.309 e. The number of carbonyl (C=O) groups is 1. The molecule has 1 fully saturated rings. The van der Waals surface area contributed by atoms with Crippen molar-refractivity contribution < 1.29 is 14.3 Å². The van der Waals surface area contributed by atoms with Crippen molar-refractivity contribution in [1.82, 2.24) is 10.2 Å². The summed E-state index contributed by atoms with van der Waals surface area (Å²) in [5.41, 5.74) is 0. The van der Waals surface area contributed by atoms with Crippen molar-refractivity contribution >= 4 is 12.3 Å². The number of methoxy groups -OCH3 is 1. The lowest BCUT2D eigenvalue weighted by molar-refractivity contribution is -0.133. The molecule has 1 aliphatic heterocycles. The maximum atomic E-state index is 12.3. The second-order valence-electron chi connectivity index (χ2n) is 5.24. The fourth-order valence-electron chi connectivity index (χ4n) is 2.71. The molecule has 20 heavy (non-hydrogen) atoms. The molecule has 0 bridgehead atoms. The molecule has 1 aliphatic carbocycles. The first-order valence-corrected chi connectivity index (χ1v) is 7.08. The molecule has 1 N–H and O–H groups in total. The summed E-state index contributed by atoms with van der Waals surface area (Å²) in [5.74, 6) is 1.20. The van der Waals surface area contributed by atoms with Crippen LogP contribution in [0.15, 0.2) is 24.0 Å². The van der Waals surface area contributed by atoms with Crippen LogP contribution in [0, 0.1) is 5.92 Å². The Morgan fingerprint density at radius 1 is 1.50 bits per heavy atom. The van der Waals surface area contributed by atoms with Crippen molar-refractivity contribution in [2.75, 3.05) is 20.2 Å². The number of ether oxygens (including phenoxy) is 1. The zero-order valence-electron chi connectivity index (χ0n) is 11.8. The highest BCUT2D eigenvalue weighted by atomic mass is 16.5. The fraction of sp³-hybridized carbons (Fsp3) is 0.600. The molecule has 109 valence electrons. The summed E-state index contributed by atoms with van der Waals surface area (Å²) < 4.78 is 5.16. The lowest BCUT2D eigenvalue weighted by atomic mass is 9.99. The molecule has 2 amide bonds. The van der Waals surface area contributed by atoms with Gasteiger partial charge in [-0.3, -0.25) is 9.59 Å². The van der Waals surface area contributed by atoms with Crippen LogP contribution >= 0.6 is 0 Å². The van der Waals surface area contributed by atoms with Gasteiger partial charge in [-0.1, -0.05) is 6.08 Å². The van der Waals surface area contributed by atoms with Gasteiger partial charge in [0.05, 0.1) is 7.11 Å². The number of hydrogen-bond donors (Lipinski definition) is 1. The van der Waals surface area contributed by atoms with Crippen LogP contribution in [0.2, 0.25) is 0 Å². The van der Waals surface area contributed by atoms with Gasteiger partial charge in [0.15, 0.2) is 0 Å². The normalized spacial score (nSPS) is 26.8. The standard InChI is InChI=1S/C15H21N2O3/c1-20-13-7-5-12(6-8-13)10-17-9-3-2-4-14(15(17)19)16-11-18/h5,7-8,12,14H,2-4,6,9-10H2,1H3,(H,16,18)/t12?,14-/m0/s1. The van der Waals surface area contributed by atoms with Gasteiger partial charge < -0.3 is 15.0 Å². The Labute approximate surface area is 119 Å². The minimum absolute atomic E-state index is 0.0146. The zero-order chi connectivity index (χ0) is 14.4. The van der Waals surface area contributed by atoms with Crippen LogP contribution in [-0.2, 0) is 14.3 Å². The smallest absolute Gasteiger partial charge is 0.309 e. The van der Waals surface area contributed by atoms with Crippen LogP contribution in [0.1, 0.15) is 25.7 Å². The van der Waals surface area contributed by atoms with E-state index in [2.05, 4.69) is 11.4 Å². The zero-order valence-corrected chi connectivity index (χ0v) is 11.8. The molecule has 5 nitrogen and oxygen atoms in total. The highest BCUT2D eigenvalue weighted by molar-refractivity contribution is 5.84. The highest BCUT2D eigenvalue weighted by Crippen LogP contribution is 2.20. The first kappa shape index (κ1) is 14.6. The Balaban J connectivity index is 1.94. The minimum atomic E-state index is -0.410. The van der Waals surface area contributed by atoms with E-state index in [1.54, 1.807) is 13.5 Å². The van der Waals surface area contributed by atoms with Crippen molar-refractivity contribution in [2.45, 2.75) is 31.7 Å². The summed E-state index contributed by atoms with van der Waals surface area (Å²) >= 11 is 0. The van der Waals surface area contributed by atoms with Gasteiger partial charge in [0.2, 0.25) is 5.91 Å². The average Bonchev–Trinajstić information content (AvgIpc) is 2.64. The van der Waals surface area contributed by atoms with Crippen molar-refractivity contribution in [3.8, 4) is 0 Å². The molecule has 0 aromatic rings. The van der Waals surface area contributed by atoms with E-state index in [0.717, 1.165) is 31.6 Å². The Kier molecular flexibility index (Phi) is 5.21. The number of rotatable bonds is 5. The first-order valence-electron chi connectivity index (χ1n) is 7.08. The van der Waals surface area contributed by atoms with Crippen LogP contribution in [0.4, 0.5) is 0 Å². The van der Waals surface area contributed by atoms with E-state index < -0.39 is 6.04 Å². The molecule has 5 heteroatoms. The molecule has 2 rings (SSSR count). The second-order valence-corrected chi connectivity index (χ2v) is 5.24. The summed E-state index contributed by atoms with van der Waals surface area (Å²) in [7, 11) is 1.65. The topological polar surface area (TPSA) is 58.6 Å². The maximum absolute atomic E-state index is 12.3. The summed E-state index contributed by atoms with van der Waals surface area (Å²) in [6, 6.07) is -0.410.